The highest BCUT2D eigenvalue weighted by Gasteiger charge is 2.46. The van der Waals surface area contributed by atoms with Gasteiger partial charge < -0.3 is 10.4 Å². The molecule has 2 atom stereocenters. The van der Waals surface area contributed by atoms with Gasteiger partial charge in [0.25, 0.3) is 0 Å². The molecule has 0 spiro atoms. The van der Waals surface area contributed by atoms with Gasteiger partial charge in [-0.25, -0.2) is 0 Å². The summed E-state index contributed by atoms with van der Waals surface area (Å²) in [5.41, 5.74) is 0.796. The first-order chi connectivity index (χ1) is 10.0. The summed E-state index contributed by atoms with van der Waals surface area (Å²) in [6.07, 6.45) is 0. The summed E-state index contributed by atoms with van der Waals surface area (Å²) in [5, 5.41) is 15.2. The van der Waals surface area contributed by atoms with Gasteiger partial charge >= 0.3 is 0 Å². The van der Waals surface area contributed by atoms with Crippen molar-refractivity contribution in [2.75, 3.05) is 11.9 Å². The van der Waals surface area contributed by atoms with Gasteiger partial charge in [-0.2, -0.15) is 0 Å². The maximum Gasteiger partial charge on any atom is 0.138 e. The molecule has 2 N–H and O–H groups in total. The van der Waals surface area contributed by atoms with E-state index in [4.69, 9.17) is 11.6 Å². The number of nitrogens with one attached hydrogen (secondary N) is 1. The first kappa shape index (κ1) is 14.1. The molecule has 0 aliphatic carbocycles. The third kappa shape index (κ3) is 2.23. The van der Waals surface area contributed by atoms with Crippen LogP contribution in [0.3, 0.4) is 0 Å². The summed E-state index contributed by atoms with van der Waals surface area (Å²) in [4.78, 5) is 12.0. The molecule has 0 radical (unpaired) electrons. The van der Waals surface area contributed by atoms with Gasteiger partial charge in [0, 0.05) is 22.8 Å². The van der Waals surface area contributed by atoms with Crippen LogP contribution in [-0.2, 0) is 10.4 Å². The van der Waals surface area contributed by atoms with Crippen LogP contribution in [0.5, 0.6) is 0 Å². The fraction of sp³-hybridized carbons (Fsp3) is 0.235. The maximum atomic E-state index is 12.0. The second kappa shape index (κ2) is 5.17. The molecule has 2 aromatic carbocycles. The van der Waals surface area contributed by atoms with E-state index in [1.807, 2.05) is 36.4 Å². The smallest absolute Gasteiger partial charge is 0.138 e. The van der Waals surface area contributed by atoms with Gasteiger partial charge in [0.05, 0.1) is 5.92 Å². The van der Waals surface area contributed by atoms with Gasteiger partial charge in [-0.1, -0.05) is 41.9 Å². The Kier molecular flexibility index (Phi) is 3.47. The van der Waals surface area contributed by atoms with Gasteiger partial charge in [0.2, 0.25) is 0 Å². The Morgan fingerprint density at radius 3 is 2.67 bits per heavy atom. The van der Waals surface area contributed by atoms with Crippen molar-refractivity contribution < 1.29 is 9.90 Å². The number of halogens is 1. The standard InChI is InChI=1S/C17H16ClNO2/c1-11(20)15-10-19-16-8-7-13(18)9-14(16)17(15,21)12-5-3-2-4-6-12/h2-9,15,19,21H,10H2,1H3/t15-,17-/m0/s1. The summed E-state index contributed by atoms with van der Waals surface area (Å²) >= 11 is 6.09. The lowest BCUT2D eigenvalue weighted by atomic mass is 9.72. The van der Waals surface area contributed by atoms with Gasteiger partial charge in [-0.05, 0) is 30.7 Å². The second-order valence-electron chi connectivity index (χ2n) is 5.37. The van der Waals surface area contributed by atoms with Crippen molar-refractivity contribution in [3.05, 3.63) is 64.7 Å². The summed E-state index contributed by atoms with van der Waals surface area (Å²) in [6.45, 7) is 1.91. The molecular weight excluding hydrogens is 286 g/mol. The van der Waals surface area contributed by atoms with E-state index in [0.717, 1.165) is 5.69 Å². The highest BCUT2D eigenvalue weighted by Crippen LogP contribution is 2.44. The van der Waals surface area contributed by atoms with E-state index in [1.165, 1.54) is 6.92 Å². The molecule has 3 nitrogen and oxygen atoms in total. The number of fused-ring (bicyclic) bond motifs is 1. The molecule has 0 saturated carbocycles. The zero-order valence-corrected chi connectivity index (χ0v) is 12.4. The molecule has 0 saturated heterocycles. The lowest BCUT2D eigenvalue weighted by Crippen LogP contribution is -2.47. The molecule has 0 unspecified atom stereocenters. The second-order valence-corrected chi connectivity index (χ2v) is 5.80. The Balaban J connectivity index is 2.26. The van der Waals surface area contributed by atoms with Crippen LogP contribution in [0.2, 0.25) is 5.02 Å². The minimum absolute atomic E-state index is 0.0560. The van der Waals surface area contributed by atoms with Crippen molar-refractivity contribution in [2.45, 2.75) is 12.5 Å². The average molecular weight is 302 g/mol. The summed E-state index contributed by atoms with van der Waals surface area (Å²) in [5.74, 6) is -0.606. The molecule has 0 fully saturated rings. The Morgan fingerprint density at radius 2 is 2.00 bits per heavy atom. The maximum absolute atomic E-state index is 12.0. The van der Waals surface area contributed by atoms with Crippen molar-refractivity contribution in [3.63, 3.8) is 0 Å². The SMILES string of the molecule is CC(=O)[C@@H]1CNc2ccc(Cl)cc2[C@@]1(O)c1ccccc1. The van der Waals surface area contributed by atoms with Gasteiger partial charge in [-0.3, -0.25) is 4.79 Å². The fourth-order valence-corrected chi connectivity index (χ4v) is 3.19. The van der Waals surface area contributed by atoms with E-state index in [1.54, 1.807) is 12.1 Å². The topological polar surface area (TPSA) is 49.3 Å². The van der Waals surface area contributed by atoms with Crippen LogP contribution in [0.4, 0.5) is 5.69 Å². The Morgan fingerprint density at radius 1 is 1.29 bits per heavy atom. The average Bonchev–Trinajstić information content (AvgIpc) is 2.48. The molecule has 4 heteroatoms. The minimum atomic E-state index is -1.36. The normalized spacial score (nSPS) is 24.0. The highest BCUT2D eigenvalue weighted by molar-refractivity contribution is 6.30. The highest BCUT2D eigenvalue weighted by atomic mass is 35.5. The summed E-state index contributed by atoms with van der Waals surface area (Å²) < 4.78 is 0. The molecule has 0 aromatic heterocycles. The van der Waals surface area contributed by atoms with Crippen LogP contribution >= 0.6 is 11.6 Å². The third-order valence-electron chi connectivity index (χ3n) is 4.10. The summed E-state index contributed by atoms with van der Waals surface area (Å²) in [7, 11) is 0. The molecule has 2 aromatic rings. The molecular formula is C17H16ClNO2. The van der Waals surface area contributed by atoms with E-state index in [2.05, 4.69) is 5.32 Å². The zero-order valence-electron chi connectivity index (χ0n) is 11.6. The largest absolute Gasteiger partial charge is 0.384 e. The van der Waals surface area contributed by atoms with E-state index in [0.29, 0.717) is 22.7 Å². The van der Waals surface area contributed by atoms with Crippen LogP contribution in [0.15, 0.2) is 48.5 Å². The molecule has 21 heavy (non-hydrogen) atoms. The Hall–Kier alpha value is -1.84. The number of hydrogen-bond donors (Lipinski definition) is 2. The van der Waals surface area contributed by atoms with Gasteiger partial charge in [-0.15, -0.1) is 0 Å². The predicted octanol–water partition coefficient (Wildman–Crippen LogP) is 3.21. The van der Waals surface area contributed by atoms with Crippen LogP contribution in [-0.4, -0.2) is 17.4 Å². The molecule has 1 aliphatic rings. The molecule has 108 valence electrons. The van der Waals surface area contributed by atoms with E-state index < -0.39 is 11.5 Å². The first-order valence-electron chi connectivity index (χ1n) is 6.85. The van der Waals surface area contributed by atoms with Gasteiger partial charge in [0.15, 0.2) is 0 Å². The van der Waals surface area contributed by atoms with E-state index >= 15 is 0 Å². The van der Waals surface area contributed by atoms with Crippen molar-refractivity contribution in [1.29, 1.82) is 0 Å². The minimum Gasteiger partial charge on any atom is -0.384 e. The lowest BCUT2D eigenvalue weighted by molar-refractivity contribution is -0.127. The van der Waals surface area contributed by atoms with E-state index in [-0.39, 0.29) is 5.78 Å². The summed E-state index contributed by atoms with van der Waals surface area (Å²) in [6, 6.07) is 14.6. The molecule has 1 heterocycles. The van der Waals surface area contributed by atoms with E-state index in [9.17, 15) is 9.90 Å². The molecule has 0 amide bonds. The third-order valence-corrected chi connectivity index (χ3v) is 4.33. The number of anilines is 1. The quantitative estimate of drug-likeness (QED) is 0.895. The van der Waals surface area contributed by atoms with Crippen molar-refractivity contribution in [3.8, 4) is 0 Å². The van der Waals surface area contributed by atoms with Crippen LogP contribution in [0.25, 0.3) is 0 Å². The van der Waals surface area contributed by atoms with Gasteiger partial charge in [0.1, 0.15) is 11.4 Å². The monoisotopic (exact) mass is 301 g/mol. The van der Waals surface area contributed by atoms with Crippen molar-refractivity contribution in [1.82, 2.24) is 0 Å². The fourth-order valence-electron chi connectivity index (χ4n) is 3.02. The molecule has 0 bridgehead atoms. The van der Waals surface area contributed by atoms with Crippen molar-refractivity contribution >= 4 is 23.1 Å². The molecule has 3 rings (SSSR count). The number of carbonyl (C=O) groups is 1. The number of benzene rings is 2. The number of hydrogen-bond acceptors (Lipinski definition) is 3. The van der Waals surface area contributed by atoms with Crippen LogP contribution in [0, 0.1) is 5.92 Å². The van der Waals surface area contributed by atoms with Crippen molar-refractivity contribution in [2.24, 2.45) is 5.92 Å². The number of rotatable bonds is 2. The lowest BCUT2D eigenvalue weighted by Gasteiger charge is -2.41. The number of carbonyl (C=O) groups excluding carboxylic acids is 1. The van der Waals surface area contributed by atoms with Crippen LogP contribution < -0.4 is 5.32 Å². The Bertz CT molecular complexity index is 686. The molecule has 1 aliphatic heterocycles. The predicted molar refractivity (Wildman–Crippen MR) is 83.6 cm³/mol. The van der Waals surface area contributed by atoms with Crippen LogP contribution in [0.1, 0.15) is 18.1 Å². The zero-order chi connectivity index (χ0) is 15.0. The number of ketones is 1. The first-order valence-corrected chi connectivity index (χ1v) is 7.23. The number of Topliss-reactive ketones (excluding diaryl/α,β-unsaturated/α-hetero) is 1. The Labute approximate surface area is 128 Å². The number of aliphatic hydroxyl groups is 1.